The van der Waals surface area contributed by atoms with Crippen LogP contribution in [0.4, 0.5) is 0 Å². The second-order valence-corrected chi connectivity index (χ2v) is 7.77. The molecular formula is C21H30N2O2. The fraction of sp³-hybridized carbons (Fsp3) is 0.619. The molecule has 1 aromatic rings. The molecule has 0 saturated carbocycles. The fourth-order valence-electron chi connectivity index (χ4n) is 4.74. The Morgan fingerprint density at radius 1 is 1.32 bits per heavy atom. The zero-order valence-corrected chi connectivity index (χ0v) is 15.3. The average molecular weight is 342 g/mol. The van der Waals surface area contributed by atoms with Crippen LogP contribution in [0.3, 0.4) is 0 Å². The molecule has 1 aliphatic heterocycles. The van der Waals surface area contributed by atoms with Crippen molar-refractivity contribution in [1.82, 2.24) is 10.6 Å². The third kappa shape index (κ3) is 4.12. The third-order valence-electron chi connectivity index (χ3n) is 6.11. The Balaban J connectivity index is 1.85. The Kier molecular flexibility index (Phi) is 5.89. The first-order chi connectivity index (χ1) is 12.2. The number of nitrogens with one attached hydrogen (secondary N) is 2. The van der Waals surface area contributed by atoms with E-state index in [4.69, 9.17) is 0 Å². The third-order valence-corrected chi connectivity index (χ3v) is 6.11. The molecule has 1 fully saturated rings. The van der Waals surface area contributed by atoms with E-state index < -0.39 is 0 Å². The van der Waals surface area contributed by atoms with Gasteiger partial charge in [0.15, 0.2) is 0 Å². The summed E-state index contributed by atoms with van der Waals surface area (Å²) in [4.78, 5) is 22.6. The van der Waals surface area contributed by atoms with Crippen LogP contribution < -0.4 is 10.6 Å². The van der Waals surface area contributed by atoms with E-state index in [0.29, 0.717) is 17.8 Å². The zero-order chi connectivity index (χ0) is 17.7. The largest absolute Gasteiger partial charge is 0.355 e. The number of carbonyl (C=O) groups excluding carboxylic acids is 2. The fourth-order valence-corrected chi connectivity index (χ4v) is 4.74. The molecule has 0 bridgehead atoms. The van der Waals surface area contributed by atoms with Gasteiger partial charge in [0.25, 0.3) is 5.91 Å². The predicted molar refractivity (Wildman–Crippen MR) is 100.0 cm³/mol. The number of carbonyl (C=O) groups is 2. The van der Waals surface area contributed by atoms with E-state index in [-0.39, 0.29) is 5.91 Å². The summed E-state index contributed by atoms with van der Waals surface area (Å²) >= 11 is 0. The van der Waals surface area contributed by atoms with Crippen molar-refractivity contribution >= 4 is 12.2 Å². The van der Waals surface area contributed by atoms with Crippen LogP contribution in [0.2, 0.25) is 0 Å². The van der Waals surface area contributed by atoms with Gasteiger partial charge in [0.2, 0.25) is 0 Å². The van der Waals surface area contributed by atoms with Crippen LogP contribution in [-0.2, 0) is 11.2 Å². The standard InChI is InChI=1S/C21H30N2O2/c1-22-20(25)16-6-7-18-15-21(8-10-23-11-9-21)14-17(19(18)13-16)5-3-2-4-12-24/h6-7,12-13,17,23H,2-5,8-11,14-15H2,1H3,(H,22,25). The second-order valence-electron chi connectivity index (χ2n) is 7.77. The monoisotopic (exact) mass is 342 g/mol. The maximum absolute atomic E-state index is 12.0. The molecule has 0 aromatic heterocycles. The first-order valence-electron chi connectivity index (χ1n) is 9.67. The Hall–Kier alpha value is -1.68. The molecule has 1 aromatic carbocycles. The van der Waals surface area contributed by atoms with Crippen molar-refractivity contribution in [2.75, 3.05) is 20.1 Å². The van der Waals surface area contributed by atoms with E-state index >= 15 is 0 Å². The van der Waals surface area contributed by atoms with Gasteiger partial charge in [-0.3, -0.25) is 4.79 Å². The number of benzene rings is 1. The van der Waals surface area contributed by atoms with Crippen LogP contribution in [0.15, 0.2) is 18.2 Å². The van der Waals surface area contributed by atoms with Gasteiger partial charge in [-0.15, -0.1) is 0 Å². The van der Waals surface area contributed by atoms with E-state index in [1.54, 1.807) is 7.05 Å². The van der Waals surface area contributed by atoms with Crippen molar-refractivity contribution < 1.29 is 9.59 Å². The van der Waals surface area contributed by atoms with E-state index in [1.807, 2.05) is 6.07 Å². The molecule has 1 heterocycles. The van der Waals surface area contributed by atoms with Gasteiger partial charge in [0.05, 0.1) is 0 Å². The lowest BCUT2D eigenvalue weighted by atomic mass is 9.62. The molecular weight excluding hydrogens is 312 g/mol. The molecule has 1 unspecified atom stereocenters. The summed E-state index contributed by atoms with van der Waals surface area (Å²) in [5.74, 6) is 0.503. The van der Waals surface area contributed by atoms with Gasteiger partial charge in [-0.2, -0.15) is 0 Å². The number of amides is 1. The van der Waals surface area contributed by atoms with Gasteiger partial charge >= 0.3 is 0 Å². The van der Waals surface area contributed by atoms with Gasteiger partial charge < -0.3 is 15.4 Å². The van der Waals surface area contributed by atoms with Gasteiger partial charge in [0.1, 0.15) is 6.29 Å². The summed E-state index contributed by atoms with van der Waals surface area (Å²) in [6, 6.07) is 6.27. The van der Waals surface area contributed by atoms with Crippen LogP contribution >= 0.6 is 0 Å². The summed E-state index contributed by atoms with van der Waals surface area (Å²) in [6.45, 7) is 2.23. The van der Waals surface area contributed by atoms with Crippen molar-refractivity contribution in [3.8, 4) is 0 Å². The molecule has 136 valence electrons. The first kappa shape index (κ1) is 18.1. The molecule has 2 aliphatic rings. The summed E-state index contributed by atoms with van der Waals surface area (Å²) in [5, 5.41) is 6.23. The molecule has 1 atom stereocenters. The Morgan fingerprint density at radius 3 is 2.84 bits per heavy atom. The lowest BCUT2D eigenvalue weighted by molar-refractivity contribution is -0.107. The first-order valence-corrected chi connectivity index (χ1v) is 9.67. The SMILES string of the molecule is CNC(=O)c1ccc2c(c1)C(CCCCC=O)CC1(CCNCC1)C2. The van der Waals surface area contributed by atoms with Crippen molar-refractivity contribution in [3.05, 3.63) is 34.9 Å². The molecule has 1 spiro atoms. The van der Waals surface area contributed by atoms with E-state index in [0.717, 1.165) is 50.6 Å². The van der Waals surface area contributed by atoms with Crippen LogP contribution in [0.1, 0.15) is 72.3 Å². The van der Waals surface area contributed by atoms with Crippen molar-refractivity contribution in [2.24, 2.45) is 5.41 Å². The minimum absolute atomic E-state index is 0.00958. The number of unbranched alkanes of at least 4 members (excludes halogenated alkanes) is 2. The highest BCUT2D eigenvalue weighted by Gasteiger charge is 2.39. The van der Waals surface area contributed by atoms with Gasteiger partial charge in [0, 0.05) is 19.0 Å². The second kappa shape index (κ2) is 8.13. The summed E-state index contributed by atoms with van der Waals surface area (Å²) < 4.78 is 0. The van der Waals surface area contributed by atoms with Crippen molar-refractivity contribution in [1.29, 1.82) is 0 Å². The van der Waals surface area contributed by atoms with Crippen molar-refractivity contribution in [2.45, 2.75) is 57.3 Å². The topological polar surface area (TPSA) is 58.2 Å². The zero-order valence-electron chi connectivity index (χ0n) is 15.3. The van der Waals surface area contributed by atoms with Crippen LogP contribution in [-0.4, -0.2) is 32.3 Å². The highest BCUT2D eigenvalue weighted by molar-refractivity contribution is 5.94. The minimum atomic E-state index is -0.00958. The van der Waals surface area contributed by atoms with Crippen LogP contribution in [0, 0.1) is 5.41 Å². The number of hydrogen-bond acceptors (Lipinski definition) is 3. The number of piperidine rings is 1. The summed E-state index contributed by atoms with van der Waals surface area (Å²) in [7, 11) is 1.68. The maximum atomic E-state index is 12.0. The quantitative estimate of drug-likeness (QED) is 0.616. The molecule has 4 nitrogen and oxygen atoms in total. The number of rotatable bonds is 6. The number of hydrogen-bond donors (Lipinski definition) is 2. The molecule has 3 rings (SSSR count). The molecule has 0 radical (unpaired) electrons. The van der Waals surface area contributed by atoms with Crippen molar-refractivity contribution in [3.63, 3.8) is 0 Å². The van der Waals surface area contributed by atoms with E-state index in [2.05, 4.69) is 22.8 Å². The number of fused-ring (bicyclic) bond motifs is 1. The van der Waals surface area contributed by atoms with Crippen LogP contribution in [0.25, 0.3) is 0 Å². The van der Waals surface area contributed by atoms with E-state index in [1.165, 1.54) is 30.4 Å². The Bertz CT molecular complexity index is 620. The number of aldehydes is 1. The predicted octanol–water partition coefficient (Wildman–Crippen LogP) is 3.21. The maximum Gasteiger partial charge on any atom is 0.251 e. The Labute approximate surface area is 150 Å². The highest BCUT2D eigenvalue weighted by atomic mass is 16.1. The molecule has 4 heteroatoms. The molecule has 2 N–H and O–H groups in total. The van der Waals surface area contributed by atoms with E-state index in [9.17, 15) is 9.59 Å². The molecule has 1 amide bonds. The summed E-state index contributed by atoms with van der Waals surface area (Å²) in [5.41, 5.74) is 3.99. The average Bonchev–Trinajstić information content (AvgIpc) is 2.64. The van der Waals surface area contributed by atoms with Gasteiger partial charge in [-0.1, -0.05) is 12.5 Å². The molecule has 1 aliphatic carbocycles. The molecule has 1 saturated heterocycles. The van der Waals surface area contributed by atoms with Gasteiger partial charge in [-0.05, 0) is 86.2 Å². The lowest BCUT2D eigenvalue weighted by Crippen LogP contribution is -2.41. The Morgan fingerprint density at radius 2 is 2.12 bits per heavy atom. The normalized spacial score (nSPS) is 21.6. The van der Waals surface area contributed by atoms with Gasteiger partial charge in [-0.25, -0.2) is 0 Å². The highest BCUT2D eigenvalue weighted by Crippen LogP contribution is 2.49. The minimum Gasteiger partial charge on any atom is -0.355 e. The summed E-state index contributed by atoms with van der Waals surface area (Å²) in [6.07, 6.45) is 9.71. The van der Waals surface area contributed by atoms with Crippen LogP contribution in [0.5, 0.6) is 0 Å². The smallest absolute Gasteiger partial charge is 0.251 e. The lowest BCUT2D eigenvalue weighted by Gasteiger charge is -2.45. The molecule has 25 heavy (non-hydrogen) atoms.